The molecule has 0 spiro atoms. The van der Waals surface area contributed by atoms with Crippen LogP contribution in [0.1, 0.15) is 43.9 Å². The topological polar surface area (TPSA) is 90.4 Å². The summed E-state index contributed by atoms with van der Waals surface area (Å²) in [6.07, 6.45) is 1.22. The number of nitrogens with two attached hydrogens (primary N) is 1. The molecule has 5 nitrogen and oxygen atoms in total. The highest BCUT2D eigenvalue weighted by Gasteiger charge is 2.16. The number of benzene rings is 1. The summed E-state index contributed by atoms with van der Waals surface area (Å²) in [5, 5.41) is 18.9. The second-order valence-electron chi connectivity index (χ2n) is 4.80. The van der Waals surface area contributed by atoms with E-state index >= 15 is 0 Å². The number of aliphatic hydroxyl groups is 1. The number of hydrogen-bond acceptors (Lipinski definition) is 4. The third-order valence-corrected chi connectivity index (χ3v) is 3.08. The lowest BCUT2D eigenvalue weighted by Crippen LogP contribution is -2.35. The molecule has 0 bridgehead atoms. The van der Waals surface area contributed by atoms with Crippen LogP contribution in [-0.2, 0) is 4.79 Å². The van der Waals surface area contributed by atoms with Gasteiger partial charge in [-0.2, -0.15) is 5.26 Å². The van der Waals surface area contributed by atoms with Crippen LogP contribution >= 0.6 is 0 Å². The average Bonchev–Trinajstić information content (AvgIpc) is 2.42. The van der Waals surface area contributed by atoms with Gasteiger partial charge in [0.05, 0.1) is 24.3 Å². The van der Waals surface area contributed by atoms with Crippen molar-refractivity contribution in [3.63, 3.8) is 0 Å². The van der Waals surface area contributed by atoms with Crippen molar-refractivity contribution in [3.8, 4) is 6.07 Å². The molecule has 0 aromatic heterocycles. The fourth-order valence-electron chi connectivity index (χ4n) is 2.06. The standard InChI is InChI=1S/C15H21N3O2/c1-3-4-7-18(10-15(17)20)14-8-12(9-16)5-6-13(14)11(2)19/h5-6,8,11,19H,3-4,7,10H2,1-2H3,(H2,17,20)/t11-/m1/s1. The molecule has 20 heavy (non-hydrogen) atoms. The summed E-state index contributed by atoms with van der Waals surface area (Å²) in [5.41, 5.74) is 7.18. The highest BCUT2D eigenvalue weighted by molar-refractivity contribution is 5.80. The molecule has 0 saturated carbocycles. The lowest BCUT2D eigenvalue weighted by atomic mass is 10.0. The molecule has 5 heteroatoms. The number of rotatable bonds is 7. The number of unbranched alkanes of at least 4 members (excludes halogenated alkanes) is 1. The molecule has 0 unspecified atom stereocenters. The Labute approximate surface area is 119 Å². The summed E-state index contributed by atoms with van der Waals surface area (Å²) in [6, 6.07) is 7.15. The Morgan fingerprint density at radius 2 is 2.25 bits per heavy atom. The van der Waals surface area contributed by atoms with Gasteiger partial charge in [-0.1, -0.05) is 19.4 Å². The maximum atomic E-state index is 11.2. The van der Waals surface area contributed by atoms with E-state index in [0.29, 0.717) is 23.4 Å². The number of nitrogens with zero attached hydrogens (tertiary/aromatic N) is 2. The van der Waals surface area contributed by atoms with Crippen LogP contribution in [0.2, 0.25) is 0 Å². The second kappa shape index (κ2) is 7.51. The van der Waals surface area contributed by atoms with Crippen LogP contribution in [0.5, 0.6) is 0 Å². The van der Waals surface area contributed by atoms with Gasteiger partial charge in [0, 0.05) is 17.8 Å². The van der Waals surface area contributed by atoms with Gasteiger partial charge in [-0.25, -0.2) is 0 Å². The van der Waals surface area contributed by atoms with Crippen LogP contribution in [0.3, 0.4) is 0 Å². The van der Waals surface area contributed by atoms with Gasteiger partial charge in [-0.15, -0.1) is 0 Å². The number of nitriles is 1. The molecule has 1 atom stereocenters. The van der Waals surface area contributed by atoms with Gasteiger partial charge in [0.25, 0.3) is 0 Å². The Morgan fingerprint density at radius 1 is 1.55 bits per heavy atom. The van der Waals surface area contributed by atoms with Crippen molar-refractivity contribution in [1.29, 1.82) is 5.26 Å². The lowest BCUT2D eigenvalue weighted by molar-refractivity contribution is -0.116. The van der Waals surface area contributed by atoms with Crippen molar-refractivity contribution in [3.05, 3.63) is 29.3 Å². The molecule has 1 amide bonds. The van der Waals surface area contributed by atoms with Crippen LogP contribution in [0.15, 0.2) is 18.2 Å². The van der Waals surface area contributed by atoms with E-state index in [9.17, 15) is 9.90 Å². The predicted octanol–water partition coefficient (Wildman–Crippen LogP) is 1.70. The summed E-state index contributed by atoms with van der Waals surface area (Å²) in [4.78, 5) is 13.1. The Morgan fingerprint density at radius 3 is 2.75 bits per heavy atom. The first-order chi connectivity index (χ1) is 9.49. The van der Waals surface area contributed by atoms with E-state index in [2.05, 4.69) is 13.0 Å². The molecule has 0 radical (unpaired) electrons. The van der Waals surface area contributed by atoms with E-state index in [0.717, 1.165) is 12.8 Å². The van der Waals surface area contributed by atoms with Gasteiger partial charge in [0.15, 0.2) is 0 Å². The quantitative estimate of drug-likeness (QED) is 0.792. The van der Waals surface area contributed by atoms with Gasteiger partial charge < -0.3 is 15.7 Å². The predicted molar refractivity (Wildman–Crippen MR) is 78.1 cm³/mol. The highest BCUT2D eigenvalue weighted by Crippen LogP contribution is 2.28. The van der Waals surface area contributed by atoms with E-state index < -0.39 is 12.0 Å². The number of carbonyl (C=O) groups is 1. The Bertz CT molecular complexity index is 506. The number of anilines is 1. The van der Waals surface area contributed by atoms with E-state index in [1.54, 1.807) is 25.1 Å². The zero-order valence-electron chi connectivity index (χ0n) is 12.0. The molecule has 3 N–H and O–H groups in total. The molecule has 0 aliphatic rings. The molecule has 0 heterocycles. The Hall–Kier alpha value is -2.06. The fraction of sp³-hybridized carbons (Fsp3) is 0.467. The first kappa shape index (κ1) is 16.0. The summed E-state index contributed by atoms with van der Waals surface area (Å²) in [7, 11) is 0. The lowest BCUT2D eigenvalue weighted by Gasteiger charge is -2.27. The number of hydrogen-bond donors (Lipinski definition) is 2. The molecule has 1 aromatic rings. The van der Waals surface area contributed by atoms with E-state index in [-0.39, 0.29) is 6.54 Å². The minimum absolute atomic E-state index is 0.0780. The van der Waals surface area contributed by atoms with E-state index in [1.165, 1.54) is 0 Å². The zero-order chi connectivity index (χ0) is 15.1. The smallest absolute Gasteiger partial charge is 0.236 e. The van der Waals surface area contributed by atoms with Crippen molar-refractivity contribution >= 4 is 11.6 Å². The number of aliphatic hydroxyl groups excluding tert-OH is 1. The van der Waals surface area contributed by atoms with Crippen molar-refractivity contribution < 1.29 is 9.90 Å². The van der Waals surface area contributed by atoms with Gasteiger partial charge in [-0.05, 0) is 25.5 Å². The molecule has 0 aliphatic carbocycles. The number of primary amides is 1. The van der Waals surface area contributed by atoms with Gasteiger partial charge in [0.2, 0.25) is 5.91 Å². The summed E-state index contributed by atoms with van der Waals surface area (Å²) in [6.45, 7) is 4.46. The SMILES string of the molecule is CCCCN(CC(N)=O)c1cc(C#N)ccc1[C@@H](C)O. The highest BCUT2D eigenvalue weighted by atomic mass is 16.3. The maximum Gasteiger partial charge on any atom is 0.236 e. The molecule has 108 valence electrons. The van der Waals surface area contributed by atoms with Gasteiger partial charge in [-0.3, -0.25) is 4.79 Å². The number of amides is 1. The minimum Gasteiger partial charge on any atom is -0.389 e. The van der Waals surface area contributed by atoms with Crippen LogP contribution in [0.25, 0.3) is 0 Å². The summed E-state index contributed by atoms with van der Waals surface area (Å²) in [5.74, 6) is -0.431. The summed E-state index contributed by atoms with van der Waals surface area (Å²) < 4.78 is 0. The summed E-state index contributed by atoms with van der Waals surface area (Å²) >= 11 is 0. The first-order valence-corrected chi connectivity index (χ1v) is 6.75. The minimum atomic E-state index is -0.672. The van der Waals surface area contributed by atoms with Crippen molar-refractivity contribution in [1.82, 2.24) is 0 Å². The van der Waals surface area contributed by atoms with Gasteiger partial charge in [0.1, 0.15) is 0 Å². The third kappa shape index (κ3) is 4.25. The first-order valence-electron chi connectivity index (χ1n) is 6.75. The second-order valence-corrected chi connectivity index (χ2v) is 4.80. The zero-order valence-corrected chi connectivity index (χ0v) is 12.0. The molecule has 0 fully saturated rings. The van der Waals surface area contributed by atoms with Crippen molar-refractivity contribution in [2.45, 2.75) is 32.8 Å². The molecule has 1 rings (SSSR count). The van der Waals surface area contributed by atoms with Crippen LogP contribution < -0.4 is 10.6 Å². The van der Waals surface area contributed by atoms with Crippen LogP contribution in [-0.4, -0.2) is 24.1 Å². The Kier molecular flexibility index (Phi) is 6.01. The van der Waals surface area contributed by atoms with Crippen molar-refractivity contribution in [2.24, 2.45) is 5.73 Å². The molecular weight excluding hydrogens is 254 g/mol. The number of carbonyl (C=O) groups excluding carboxylic acids is 1. The molecule has 0 aliphatic heterocycles. The molecule has 0 saturated heterocycles. The third-order valence-electron chi connectivity index (χ3n) is 3.08. The van der Waals surface area contributed by atoms with Crippen molar-refractivity contribution in [2.75, 3.05) is 18.0 Å². The van der Waals surface area contributed by atoms with E-state index in [4.69, 9.17) is 11.0 Å². The molecular formula is C15H21N3O2. The van der Waals surface area contributed by atoms with Gasteiger partial charge >= 0.3 is 0 Å². The Balaban J connectivity index is 3.20. The normalized spacial score (nSPS) is 11.7. The fourth-order valence-corrected chi connectivity index (χ4v) is 2.06. The van der Waals surface area contributed by atoms with Crippen LogP contribution in [0.4, 0.5) is 5.69 Å². The largest absolute Gasteiger partial charge is 0.389 e. The average molecular weight is 275 g/mol. The monoisotopic (exact) mass is 275 g/mol. The molecule has 1 aromatic carbocycles. The maximum absolute atomic E-state index is 11.2. The van der Waals surface area contributed by atoms with E-state index in [1.807, 2.05) is 4.90 Å². The van der Waals surface area contributed by atoms with Crippen LogP contribution in [0, 0.1) is 11.3 Å².